The van der Waals surface area contributed by atoms with Gasteiger partial charge in [-0.05, 0) is 78.0 Å². The lowest BCUT2D eigenvalue weighted by molar-refractivity contribution is -0.274. The number of benzene rings is 3. The molecule has 0 bridgehead atoms. The number of ether oxygens (including phenoxy) is 3. The predicted octanol–water partition coefficient (Wildman–Crippen LogP) is 6.89. The van der Waals surface area contributed by atoms with Gasteiger partial charge in [0.15, 0.2) is 12.4 Å². The van der Waals surface area contributed by atoms with Gasteiger partial charge in [0, 0.05) is 18.5 Å². The van der Waals surface area contributed by atoms with Crippen molar-refractivity contribution in [2.24, 2.45) is 9.98 Å². The lowest BCUT2D eigenvalue weighted by atomic mass is 10.0. The largest absolute Gasteiger partial charge is 0.573 e. The van der Waals surface area contributed by atoms with E-state index in [1.165, 1.54) is 39.2 Å². The second-order valence-corrected chi connectivity index (χ2v) is 13.1. The van der Waals surface area contributed by atoms with Crippen molar-refractivity contribution in [2.45, 2.75) is 58.4 Å². The van der Waals surface area contributed by atoms with E-state index >= 15 is 0 Å². The second-order valence-electron chi connectivity index (χ2n) is 12.1. The zero-order chi connectivity index (χ0) is 40.8. The first kappa shape index (κ1) is 41.2. The van der Waals surface area contributed by atoms with Gasteiger partial charge in [-0.1, -0.05) is 38.1 Å². The molecule has 0 saturated heterocycles. The van der Waals surface area contributed by atoms with Gasteiger partial charge in [0.1, 0.15) is 24.1 Å². The lowest BCUT2D eigenvalue weighted by Crippen LogP contribution is -2.36. The number of alkyl carbamates (subject to hydrolysis) is 1. The lowest BCUT2D eigenvalue weighted by Gasteiger charge is -2.16. The Hall–Kier alpha value is -5.99. The summed E-state index contributed by atoms with van der Waals surface area (Å²) >= 11 is 0.811. The summed E-state index contributed by atoms with van der Waals surface area (Å²) in [5.74, 6) is -0.972. The summed E-state index contributed by atoms with van der Waals surface area (Å²) in [4.78, 5) is 38.4. The van der Waals surface area contributed by atoms with Crippen LogP contribution >= 0.6 is 11.5 Å². The summed E-state index contributed by atoms with van der Waals surface area (Å²) < 4.78 is 110. The summed E-state index contributed by atoms with van der Waals surface area (Å²) in [5, 5.41) is 6.80. The number of aliphatic imine (C=N–C) groups is 1. The average molecular weight is 811 g/mol. The summed E-state index contributed by atoms with van der Waals surface area (Å²) in [6, 6.07) is 14.4. The number of halogens is 7. The van der Waals surface area contributed by atoms with Crippen molar-refractivity contribution in [3.63, 3.8) is 0 Å². The Bertz CT molecular complexity index is 2300. The molecule has 1 unspecified atom stereocenters. The zero-order valence-electron chi connectivity index (χ0n) is 29.9. The molecule has 21 heteroatoms. The van der Waals surface area contributed by atoms with Gasteiger partial charge < -0.3 is 14.2 Å². The fourth-order valence-corrected chi connectivity index (χ4v) is 6.02. The van der Waals surface area contributed by atoms with E-state index in [1.807, 2.05) is 0 Å². The molecule has 298 valence electrons. The minimum Gasteiger partial charge on any atom is -0.454 e. The Balaban J connectivity index is 1.48. The van der Waals surface area contributed by atoms with Crippen LogP contribution < -0.4 is 20.5 Å². The van der Waals surface area contributed by atoms with Crippen molar-refractivity contribution in [1.29, 1.82) is 0 Å². The van der Waals surface area contributed by atoms with Crippen LogP contribution in [0, 0.1) is 5.82 Å². The Kier molecular flexibility index (Phi) is 12.7. The normalized spacial score (nSPS) is 13.2. The van der Waals surface area contributed by atoms with E-state index in [9.17, 15) is 40.3 Å². The minimum absolute atomic E-state index is 0.111. The molecule has 2 aromatic heterocycles. The van der Waals surface area contributed by atoms with Crippen LogP contribution in [0.5, 0.6) is 5.75 Å². The highest BCUT2D eigenvalue weighted by molar-refractivity contribution is 7.03. The summed E-state index contributed by atoms with van der Waals surface area (Å²) in [6.45, 7) is 3.61. The molecule has 0 spiro atoms. The van der Waals surface area contributed by atoms with E-state index in [0.717, 1.165) is 41.4 Å². The van der Waals surface area contributed by atoms with Crippen LogP contribution in [-0.4, -0.2) is 67.8 Å². The van der Waals surface area contributed by atoms with E-state index in [1.54, 1.807) is 45.0 Å². The number of aromatic nitrogens is 5. The Morgan fingerprint density at radius 3 is 2.30 bits per heavy atom. The van der Waals surface area contributed by atoms with E-state index in [0.29, 0.717) is 22.4 Å². The van der Waals surface area contributed by atoms with Crippen LogP contribution in [0.4, 0.5) is 35.5 Å². The van der Waals surface area contributed by atoms with Gasteiger partial charge in [-0.15, -0.1) is 18.3 Å². The first-order chi connectivity index (χ1) is 26.4. The van der Waals surface area contributed by atoms with Crippen LogP contribution in [-0.2, 0) is 22.4 Å². The van der Waals surface area contributed by atoms with Crippen molar-refractivity contribution in [3.05, 3.63) is 105 Å². The van der Waals surface area contributed by atoms with Crippen LogP contribution in [0.2, 0.25) is 0 Å². The standard InChI is InChI=1S/C35H33F7N8O5S/c1-5-49-33(52)50(27-15-10-23(36)17-26(27)20(2)3)31(56-49)46-30(54-18-34(37,38)39)44-28(45-32(51)53-4)16-21-6-8-22(9-7-21)29-43-19-48(47-29)24-11-13-25(14-12-24)55-35(40,41)42/h6-15,17,19-20,28H,5,16,18H2,1-4H3,(H,45,51)/b44-30-,46-31-. The molecule has 1 amide bonds. The highest BCUT2D eigenvalue weighted by atomic mass is 32.1. The number of amidine groups is 1. The number of rotatable bonds is 11. The number of aryl methyl sites for hydroxylation is 1. The van der Waals surface area contributed by atoms with E-state index in [-0.39, 0.29) is 35.2 Å². The van der Waals surface area contributed by atoms with Crippen molar-refractivity contribution >= 4 is 23.6 Å². The number of hydrogen-bond acceptors (Lipinski definition) is 9. The molecule has 0 aliphatic carbocycles. The van der Waals surface area contributed by atoms with Gasteiger partial charge in [0.2, 0.25) is 4.80 Å². The number of carbonyl (C=O) groups is 1. The zero-order valence-corrected chi connectivity index (χ0v) is 30.7. The van der Waals surface area contributed by atoms with E-state index < -0.39 is 54.7 Å². The number of carbonyl (C=O) groups excluding carboxylic acids is 1. The second kappa shape index (κ2) is 17.2. The molecular weight excluding hydrogens is 777 g/mol. The molecule has 0 aliphatic heterocycles. The fraction of sp³-hybridized carbons (Fsp3) is 0.314. The molecule has 5 rings (SSSR count). The van der Waals surface area contributed by atoms with Gasteiger partial charge in [0.05, 0.1) is 18.5 Å². The van der Waals surface area contributed by atoms with Crippen LogP contribution in [0.15, 0.2) is 87.8 Å². The van der Waals surface area contributed by atoms with E-state index in [2.05, 4.69) is 30.1 Å². The number of amides is 1. The molecule has 1 N–H and O–H groups in total. The number of hydrogen-bond donors (Lipinski definition) is 1. The Labute approximate surface area is 317 Å². The highest BCUT2D eigenvalue weighted by Crippen LogP contribution is 2.25. The predicted molar refractivity (Wildman–Crippen MR) is 189 cm³/mol. The third-order valence-corrected chi connectivity index (χ3v) is 8.76. The SMILES string of the molecule is CCn1s/c(=N\C(=N\C(Cc2ccc(-c3ncn(-c4ccc(OC(F)(F)F)cc4)n3)cc2)NC(=O)OC)OCC(F)(F)F)n(-c2ccc(F)cc2C(C)C)c1=O. The van der Waals surface area contributed by atoms with Crippen molar-refractivity contribution in [1.82, 2.24) is 28.6 Å². The van der Waals surface area contributed by atoms with Gasteiger partial charge in [-0.25, -0.2) is 37.2 Å². The minimum atomic E-state index is -4.84. The number of nitrogens with one attached hydrogen (secondary N) is 1. The van der Waals surface area contributed by atoms with Crippen molar-refractivity contribution in [2.75, 3.05) is 13.7 Å². The van der Waals surface area contributed by atoms with Gasteiger partial charge in [-0.3, -0.25) is 5.32 Å². The maximum Gasteiger partial charge on any atom is 0.573 e. The van der Waals surface area contributed by atoms with E-state index in [4.69, 9.17) is 9.47 Å². The van der Waals surface area contributed by atoms with Crippen LogP contribution in [0.3, 0.4) is 0 Å². The molecular formula is C35H33F7N8O5S. The average Bonchev–Trinajstić information content (AvgIpc) is 3.74. The molecule has 0 aliphatic rings. The Morgan fingerprint density at radius 2 is 1.70 bits per heavy atom. The van der Waals surface area contributed by atoms with Gasteiger partial charge >= 0.3 is 30.3 Å². The monoisotopic (exact) mass is 810 g/mol. The van der Waals surface area contributed by atoms with Gasteiger partial charge in [-0.2, -0.15) is 18.2 Å². The number of alkyl halides is 6. The topological polar surface area (TPSA) is 139 Å². The maximum atomic E-state index is 14.3. The van der Waals surface area contributed by atoms with Crippen molar-refractivity contribution in [3.8, 4) is 28.5 Å². The molecule has 13 nitrogen and oxygen atoms in total. The molecule has 0 saturated carbocycles. The van der Waals surface area contributed by atoms with Gasteiger partial charge in [0.25, 0.3) is 0 Å². The molecule has 0 radical (unpaired) electrons. The fourth-order valence-electron chi connectivity index (χ4n) is 5.16. The summed E-state index contributed by atoms with van der Waals surface area (Å²) in [7, 11) is 1.08. The summed E-state index contributed by atoms with van der Waals surface area (Å²) in [6.07, 6.45) is -10.7. The maximum absolute atomic E-state index is 14.3. The third-order valence-electron chi connectivity index (χ3n) is 7.69. The van der Waals surface area contributed by atoms with Crippen molar-refractivity contribution < 1.29 is 49.7 Å². The molecule has 1 atom stereocenters. The molecule has 5 aromatic rings. The summed E-state index contributed by atoms with van der Waals surface area (Å²) in [5.41, 5.74) is 1.55. The number of nitrogens with zero attached hydrogens (tertiary/aromatic N) is 7. The molecule has 2 heterocycles. The highest BCUT2D eigenvalue weighted by Gasteiger charge is 2.31. The quantitative estimate of drug-likeness (QED) is 0.0872. The first-order valence-corrected chi connectivity index (χ1v) is 17.4. The smallest absolute Gasteiger partial charge is 0.454 e. The first-order valence-electron chi connectivity index (χ1n) is 16.6. The molecule has 0 fully saturated rings. The number of methoxy groups -OCH3 is 1. The van der Waals surface area contributed by atoms with Crippen LogP contribution in [0.25, 0.3) is 22.8 Å². The third kappa shape index (κ3) is 10.8. The van der Waals surface area contributed by atoms with Crippen LogP contribution in [0.1, 0.15) is 37.8 Å². The Morgan fingerprint density at radius 1 is 1.00 bits per heavy atom. The molecule has 56 heavy (non-hydrogen) atoms. The molecule has 3 aromatic carbocycles.